The van der Waals surface area contributed by atoms with Crippen molar-refractivity contribution in [3.63, 3.8) is 0 Å². The number of carbonyl (C=O) groups is 1. The summed E-state index contributed by atoms with van der Waals surface area (Å²) in [6.07, 6.45) is 0. The van der Waals surface area contributed by atoms with E-state index in [4.69, 9.17) is 0 Å². The minimum atomic E-state index is -0.507. The van der Waals surface area contributed by atoms with Crippen LogP contribution in [0.4, 0.5) is 15.2 Å². The van der Waals surface area contributed by atoms with Crippen molar-refractivity contribution < 1.29 is 14.1 Å². The zero-order valence-corrected chi connectivity index (χ0v) is 12.7. The van der Waals surface area contributed by atoms with Crippen molar-refractivity contribution in [2.45, 2.75) is 6.92 Å². The van der Waals surface area contributed by atoms with Gasteiger partial charge >= 0.3 is 0 Å². The standard InChI is InChI=1S/C15H10FN3O3S/c1-8-7-9(5-6-11(8)19(21)22)14(20)18-15-17-13-10(16)3-2-4-12(13)23-15/h2-7H,1H3,(H,17,18,20). The molecule has 0 aliphatic rings. The highest BCUT2D eigenvalue weighted by Crippen LogP contribution is 2.28. The Morgan fingerprint density at radius 3 is 2.78 bits per heavy atom. The van der Waals surface area contributed by atoms with Crippen molar-refractivity contribution in [1.29, 1.82) is 0 Å². The number of rotatable bonds is 3. The fraction of sp³-hybridized carbons (Fsp3) is 0.0667. The summed E-state index contributed by atoms with van der Waals surface area (Å²) in [5.41, 5.74) is 0.808. The number of anilines is 1. The lowest BCUT2D eigenvalue weighted by Gasteiger charge is -2.03. The van der Waals surface area contributed by atoms with E-state index < -0.39 is 16.6 Å². The highest BCUT2D eigenvalue weighted by molar-refractivity contribution is 7.22. The number of hydrogen-bond donors (Lipinski definition) is 1. The third-order valence-electron chi connectivity index (χ3n) is 3.25. The number of thiazole rings is 1. The molecule has 3 rings (SSSR count). The smallest absolute Gasteiger partial charge is 0.272 e. The van der Waals surface area contributed by atoms with Gasteiger partial charge in [-0.15, -0.1) is 0 Å². The Labute approximate surface area is 133 Å². The van der Waals surface area contributed by atoms with E-state index in [1.165, 1.54) is 24.3 Å². The molecule has 0 atom stereocenters. The maximum atomic E-state index is 13.6. The van der Waals surface area contributed by atoms with E-state index in [1.54, 1.807) is 19.1 Å². The summed E-state index contributed by atoms with van der Waals surface area (Å²) in [4.78, 5) is 26.5. The summed E-state index contributed by atoms with van der Waals surface area (Å²) in [6, 6.07) is 8.66. The molecule has 0 aliphatic heterocycles. The number of para-hydroxylation sites is 1. The third kappa shape index (κ3) is 2.88. The van der Waals surface area contributed by atoms with Crippen molar-refractivity contribution in [3.8, 4) is 0 Å². The fourth-order valence-corrected chi connectivity index (χ4v) is 3.01. The SMILES string of the molecule is Cc1cc(C(=O)Nc2nc3c(F)cccc3s2)ccc1[N+](=O)[O-]. The largest absolute Gasteiger partial charge is 0.298 e. The van der Waals surface area contributed by atoms with Crippen LogP contribution in [0.15, 0.2) is 36.4 Å². The fourth-order valence-electron chi connectivity index (χ4n) is 2.14. The predicted octanol–water partition coefficient (Wildman–Crippen LogP) is 3.90. The molecule has 3 aromatic rings. The molecule has 1 heterocycles. The Bertz CT molecular complexity index is 939. The molecule has 1 aromatic heterocycles. The van der Waals surface area contributed by atoms with Crippen LogP contribution in [0.2, 0.25) is 0 Å². The third-order valence-corrected chi connectivity index (χ3v) is 4.18. The van der Waals surface area contributed by atoms with Crippen LogP contribution in [0.1, 0.15) is 15.9 Å². The van der Waals surface area contributed by atoms with Gasteiger partial charge in [0.05, 0.1) is 9.62 Å². The zero-order valence-electron chi connectivity index (χ0n) is 11.9. The molecule has 0 saturated heterocycles. The average Bonchev–Trinajstić information content (AvgIpc) is 2.90. The lowest BCUT2D eigenvalue weighted by atomic mass is 10.1. The van der Waals surface area contributed by atoms with Crippen LogP contribution in [0.3, 0.4) is 0 Å². The summed E-state index contributed by atoms with van der Waals surface area (Å²) in [5.74, 6) is -0.909. The first-order chi connectivity index (χ1) is 11.0. The molecule has 0 unspecified atom stereocenters. The van der Waals surface area contributed by atoms with Crippen LogP contribution in [0.5, 0.6) is 0 Å². The highest BCUT2D eigenvalue weighted by Gasteiger charge is 2.15. The van der Waals surface area contributed by atoms with Gasteiger partial charge < -0.3 is 0 Å². The first kappa shape index (κ1) is 15.0. The first-order valence-corrected chi connectivity index (χ1v) is 7.39. The van der Waals surface area contributed by atoms with Gasteiger partial charge in [-0.05, 0) is 31.2 Å². The molecular formula is C15H10FN3O3S. The molecule has 0 spiro atoms. The Hall–Kier alpha value is -2.87. The molecule has 0 aliphatic carbocycles. The van der Waals surface area contributed by atoms with Crippen molar-refractivity contribution in [2.75, 3.05) is 5.32 Å². The second kappa shape index (κ2) is 5.73. The summed E-state index contributed by atoms with van der Waals surface area (Å²) in [7, 11) is 0. The quantitative estimate of drug-likeness (QED) is 0.582. The monoisotopic (exact) mass is 331 g/mol. The number of fused-ring (bicyclic) bond motifs is 1. The lowest BCUT2D eigenvalue weighted by Crippen LogP contribution is -2.12. The number of benzene rings is 2. The summed E-state index contributed by atoms with van der Waals surface area (Å²) in [5, 5.41) is 13.6. The molecule has 116 valence electrons. The number of hydrogen-bond acceptors (Lipinski definition) is 5. The number of amides is 1. The number of nitrogens with zero attached hydrogens (tertiary/aromatic N) is 2. The molecule has 8 heteroatoms. The van der Waals surface area contributed by atoms with E-state index in [1.807, 2.05) is 0 Å². The van der Waals surface area contributed by atoms with E-state index in [2.05, 4.69) is 10.3 Å². The summed E-state index contributed by atoms with van der Waals surface area (Å²) in [6.45, 7) is 1.56. The maximum Gasteiger partial charge on any atom is 0.272 e. The van der Waals surface area contributed by atoms with Gasteiger partial charge in [-0.25, -0.2) is 9.37 Å². The Morgan fingerprint density at radius 1 is 1.35 bits per heavy atom. The van der Waals surface area contributed by atoms with Crippen LogP contribution >= 0.6 is 11.3 Å². The van der Waals surface area contributed by atoms with Crippen LogP contribution in [-0.2, 0) is 0 Å². The second-order valence-electron chi connectivity index (χ2n) is 4.82. The Balaban J connectivity index is 1.87. The number of carbonyl (C=O) groups excluding carboxylic acids is 1. The molecule has 2 aromatic carbocycles. The second-order valence-corrected chi connectivity index (χ2v) is 5.85. The number of nitro groups is 1. The van der Waals surface area contributed by atoms with Gasteiger partial charge in [0.15, 0.2) is 5.13 Å². The van der Waals surface area contributed by atoms with Gasteiger partial charge in [0.25, 0.3) is 11.6 Å². The molecule has 6 nitrogen and oxygen atoms in total. The van der Waals surface area contributed by atoms with Gasteiger partial charge in [-0.2, -0.15) is 0 Å². The molecule has 0 bridgehead atoms. The summed E-state index contributed by atoms with van der Waals surface area (Å²) >= 11 is 1.16. The van der Waals surface area contributed by atoms with E-state index in [-0.39, 0.29) is 21.9 Å². The normalized spacial score (nSPS) is 10.7. The van der Waals surface area contributed by atoms with Gasteiger partial charge in [-0.1, -0.05) is 17.4 Å². The Kier molecular flexibility index (Phi) is 3.75. The average molecular weight is 331 g/mol. The van der Waals surface area contributed by atoms with E-state index in [0.717, 1.165) is 11.3 Å². The number of nitro benzene ring substituents is 1. The molecule has 1 amide bonds. The molecule has 0 saturated carbocycles. The number of aromatic nitrogens is 1. The van der Waals surface area contributed by atoms with E-state index >= 15 is 0 Å². The number of halogens is 1. The van der Waals surface area contributed by atoms with Crippen LogP contribution in [0, 0.1) is 22.9 Å². The summed E-state index contributed by atoms with van der Waals surface area (Å²) < 4.78 is 14.2. The van der Waals surface area contributed by atoms with E-state index in [0.29, 0.717) is 10.3 Å². The van der Waals surface area contributed by atoms with Crippen LogP contribution in [-0.4, -0.2) is 15.8 Å². The molecule has 1 N–H and O–H groups in total. The molecule has 23 heavy (non-hydrogen) atoms. The molecular weight excluding hydrogens is 321 g/mol. The Morgan fingerprint density at radius 2 is 2.13 bits per heavy atom. The van der Waals surface area contributed by atoms with Crippen molar-refractivity contribution in [1.82, 2.24) is 4.98 Å². The van der Waals surface area contributed by atoms with Gasteiger partial charge in [0, 0.05) is 17.2 Å². The maximum absolute atomic E-state index is 13.6. The first-order valence-electron chi connectivity index (χ1n) is 6.57. The van der Waals surface area contributed by atoms with Crippen LogP contribution in [0.25, 0.3) is 10.2 Å². The van der Waals surface area contributed by atoms with Gasteiger partial charge in [-0.3, -0.25) is 20.2 Å². The molecule has 0 fully saturated rings. The van der Waals surface area contributed by atoms with E-state index in [9.17, 15) is 19.3 Å². The van der Waals surface area contributed by atoms with Crippen molar-refractivity contribution >= 4 is 38.3 Å². The number of nitrogens with one attached hydrogen (secondary N) is 1. The minimum Gasteiger partial charge on any atom is -0.298 e. The lowest BCUT2D eigenvalue weighted by molar-refractivity contribution is -0.385. The van der Waals surface area contributed by atoms with Gasteiger partial charge in [0.1, 0.15) is 11.3 Å². The zero-order chi connectivity index (χ0) is 16.6. The van der Waals surface area contributed by atoms with Crippen molar-refractivity contribution in [3.05, 3.63) is 63.5 Å². The van der Waals surface area contributed by atoms with Crippen LogP contribution < -0.4 is 5.32 Å². The topological polar surface area (TPSA) is 85.1 Å². The molecule has 0 radical (unpaired) electrons. The van der Waals surface area contributed by atoms with Crippen molar-refractivity contribution in [2.24, 2.45) is 0 Å². The predicted molar refractivity (Wildman–Crippen MR) is 85.4 cm³/mol. The minimum absolute atomic E-state index is 0.0522. The number of aryl methyl sites for hydroxylation is 1. The van der Waals surface area contributed by atoms with Gasteiger partial charge in [0.2, 0.25) is 0 Å². The highest BCUT2D eigenvalue weighted by atomic mass is 32.1.